The molecule has 2 rings (SSSR count). The Morgan fingerprint density at radius 2 is 1.75 bits per heavy atom. The SMILES string of the molecule is CCCCCCCCCC[C@H]1C[C@]2(O[C@H](OC)[C@@H](O)[C@@H]2O)C(=O)O1. The first-order valence-corrected chi connectivity index (χ1v) is 9.33. The fraction of sp³-hybridized carbons (Fsp3) is 0.944. The maximum absolute atomic E-state index is 12.2. The van der Waals surface area contributed by atoms with Crippen LogP contribution in [0.2, 0.25) is 0 Å². The number of carbonyl (C=O) groups is 1. The first-order valence-electron chi connectivity index (χ1n) is 9.33. The molecule has 1 spiro atoms. The molecule has 0 amide bonds. The van der Waals surface area contributed by atoms with E-state index in [0.29, 0.717) is 0 Å². The second-order valence-corrected chi connectivity index (χ2v) is 7.04. The Morgan fingerprint density at radius 1 is 1.12 bits per heavy atom. The highest BCUT2D eigenvalue weighted by atomic mass is 16.7. The number of cyclic esters (lactones) is 1. The second kappa shape index (κ2) is 9.13. The van der Waals surface area contributed by atoms with Crippen LogP contribution in [-0.4, -0.2) is 53.5 Å². The number of carbonyl (C=O) groups excluding carboxylic acids is 1. The quantitative estimate of drug-likeness (QED) is 0.467. The van der Waals surface area contributed by atoms with Gasteiger partial charge in [-0.1, -0.05) is 51.9 Å². The van der Waals surface area contributed by atoms with E-state index in [1.807, 2.05) is 0 Å². The summed E-state index contributed by atoms with van der Waals surface area (Å²) in [4.78, 5) is 12.2. The van der Waals surface area contributed by atoms with Gasteiger partial charge in [-0.25, -0.2) is 4.79 Å². The molecule has 5 atom stereocenters. The Bertz CT molecular complexity index is 401. The summed E-state index contributed by atoms with van der Waals surface area (Å²) >= 11 is 0. The Labute approximate surface area is 144 Å². The third-order valence-corrected chi connectivity index (χ3v) is 5.17. The van der Waals surface area contributed by atoms with Gasteiger partial charge in [0.25, 0.3) is 0 Å². The van der Waals surface area contributed by atoms with Gasteiger partial charge >= 0.3 is 5.97 Å². The molecule has 0 aromatic heterocycles. The minimum atomic E-state index is -1.47. The van der Waals surface area contributed by atoms with Crippen LogP contribution < -0.4 is 0 Å². The Hall–Kier alpha value is -0.690. The maximum atomic E-state index is 12.2. The van der Waals surface area contributed by atoms with Crippen LogP contribution in [0.25, 0.3) is 0 Å². The van der Waals surface area contributed by atoms with Crippen molar-refractivity contribution in [2.24, 2.45) is 0 Å². The first-order chi connectivity index (χ1) is 11.5. The van der Waals surface area contributed by atoms with Crippen molar-refractivity contribution in [1.82, 2.24) is 0 Å². The minimum absolute atomic E-state index is 0.255. The summed E-state index contributed by atoms with van der Waals surface area (Å²) in [5, 5.41) is 20.1. The van der Waals surface area contributed by atoms with Gasteiger partial charge in [0.05, 0.1) is 0 Å². The highest BCUT2D eigenvalue weighted by molar-refractivity contribution is 5.83. The molecule has 2 saturated heterocycles. The molecule has 2 aliphatic rings. The molecular formula is C18H32O6. The second-order valence-electron chi connectivity index (χ2n) is 7.04. The Morgan fingerprint density at radius 3 is 2.33 bits per heavy atom. The molecule has 140 valence electrons. The number of unbranched alkanes of at least 4 members (excludes halogenated alkanes) is 7. The average Bonchev–Trinajstić information content (AvgIpc) is 3.02. The summed E-state index contributed by atoms with van der Waals surface area (Å²) in [6.07, 6.45) is 7.05. The van der Waals surface area contributed by atoms with E-state index in [0.717, 1.165) is 19.3 Å². The van der Waals surface area contributed by atoms with Gasteiger partial charge in [0.2, 0.25) is 0 Å². The van der Waals surface area contributed by atoms with Gasteiger partial charge in [-0.2, -0.15) is 0 Å². The molecule has 2 N–H and O–H groups in total. The lowest BCUT2D eigenvalue weighted by atomic mass is 9.90. The lowest BCUT2D eigenvalue weighted by molar-refractivity contribution is -0.189. The number of esters is 1. The van der Waals surface area contributed by atoms with Gasteiger partial charge in [0.1, 0.15) is 18.3 Å². The van der Waals surface area contributed by atoms with E-state index in [9.17, 15) is 15.0 Å². The topological polar surface area (TPSA) is 85.2 Å². The molecule has 6 nitrogen and oxygen atoms in total. The summed E-state index contributed by atoms with van der Waals surface area (Å²) in [7, 11) is 1.37. The smallest absolute Gasteiger partial charge is 0.341 e. The fourth-order valence-electron chi connectivity index (χ4n) is 3.68. The number of ether oxygens (including phenoxy) is 3. The van der Waals surface area contributed by atoms with Crippen LogP contribution in [0.15, 0.2) is 0 Å². The van der Waals surface area contributed by atoms with Crippen LogP contribution in [0.5, 0.6) is 0 Å². The van der Waals surface area contributed by atoms with Crippen molar-refractivity contribution in [3.63, 3.8) is 0 Å². The third-order valence-electron chi connectivity index (χ3n) is 5.17. The van der Waals surface area contributed by atoms with E-state index < -0.39 is 30.1 Å². The van der Waals surface area contributed by atoms with E-state index in [-0.39, 0.29) is 12.5 Å². The molecule has 24 heavy (non-hydrogen) atoms. The minimum Gasteiger partial charge on any atom is -0.460 e. The monoisotopic (exact) mass is 344 g/mol. The van der Waals surface area contributed by atoms with Crippen LogP contribution >= 0.6 is 0 Å². The van der Waals surface area contributed by atoms with Crippen LogP contribution in [-0.2, 0) is 19.0 Å². The van der Waals surface area contributed by atoms with Crippen LogP contribution in [0, 0.1) is 0 Å². The van der Waals surface area contributed by atoms with Gasteiger partial charge in [-0.3, -0.25) is 0 Å². The van der Waals surface area contributed by atoms with E-state index in [1.54, 1.807) is 0 Å². The van der Waals surface area contributed by atoms with Crippen molar-refractivity contribution < 1.29 is 29.2 Å². The molecule has 2 fully saturated rings. The molecule has 0 saturated carbocycles. The van der Waals surface area contributed by atoms with Crippen LogP contribution in [0.3, 0.4) is 0 Å². The Kier molecular flexibility index (Phi) is 7.47. The van der Waals surface area contributed by atoms with Gasteiger partial charge in [-0.05, 0) is 12.8 Å². The molecule has 0 bridgehead atoms. The van der Waals surface area contributed by atoms with E-state index in [1.165, 1.54) is 45.6 Å². The molecular weight excluding hydrogens is 312 g/mol. The van der Waals surface area contributed by atoms with Gasteiger partial charge in [0, 0.05) is 13.5 Å². The average molecular weight is 344 g/mol. The zero-order valence-electron chi connectivity index (χ0n) is 14.9. The molecule has 0 aliphatic carbocycles. The highest BCUT2D eigenvalue weighted by Gasteiger charge is 2.64. The van der Waals surface area contributed by atoms with Crippen molar-refractivity contribution >= 4 is 5.97 Å². The van der Waals surface area contributed by atoms with Crippen LogP contribution in [0.4, 0.5) is 0 Å². The largest absolute Gasteiger partial charge is 0.460 e. The summed E-state index contributed by atoms with van der Waals surface area (Å²) < 4.78 is 15.9. The summed E-state index contributed by atoms with van der Waals surface area (Å²) in [6.45, 7) is 2.22. The molecule has 2 aliphatic heterocycles. The molecule has 0 aromatic carbocycles. The number of aliphatic hydroxyl groups excluding tert-OH is 2. The lowest BCUT2D eigenvalue weighted by Gasteiger charge is -2.21. The summed E-state index contributed by atoms with van der Waals surface area (Å²) in [5.74, 6) is -0.585. The summed E-state index contributed by atoms with van der Waals surface area (Å²) in [5.41, 5.74) is -1.47. The fourth-order valence-corrected chi connectivity index (χ4v) is 3.68. The standard InChI is InChI=1S/C18H32O6/c1-3-4-5-6-7-8-9-10-11-13-12-18(17(21)23-13)15(20)14(19)16(22-2)24-18/h13-16,19-20H,3-12H2,1-2H3/t13-,14-,15-,16-,18+/m0/s1. The number of hydrogen-bond acceptors (Lipinski definition) is 6. The number of hydrogen-bond donors (Lipinski definition) is 2. The highest BCUT2D eigenvalue weighted by Crippen LogP contribution is 2.42. The maximum Gasteiger partial charge on any atom is 0.341 e. The van der Waals surface area contributed by atoms with E-state index in [2.05, 4.69) is 6.92 Å². The van der Waals surface area contributed by atoms with Crippen LogP contribution in [0.1, 0.15) is 71.1 Å². The third kappa shape index (κ3) is 4.28. The molecule has 0 aromatic rings. The predicted octanol–water partition coefficient (Wildman–Crippen LogP) is 2.30. The van der Waals surface area contributed by atoms with E-state index >= 15 is 0 Å². The molecule has 6 heteroatoms. The summed E-state index contributed by atoms with van der Waals surface area (Å²) in [6, 6.07) is 0. The van der Waals surface area contributed by atoms with Crippen molar-refractivity contribution in [2.45, 2.75) is 101 Å². The number of methoxy groups -OCH3 is 1. The normalized spacial score (nSPS) is 35.8. The molecule has 0 radical (unpaired) electrons. The first kappa shape index (κ1) is 19.6. The number of rotatable bonds is 10. The predicted molar refractivity (Wildman–Crippen MR) is 88.4 cm³/mol. The van der Waals surface area contributed by atoms with Crippen molar-refractivity contribution in [1.29, 1.82) is 0 Å². The van der Waals surface area contributed by atoms with Crippen molar-refractivity contribution in [2.75, 3.05) is 7.11 Å². The van der Waals surface area contributed by atoms with Gasteiger partial charge < -0.3 is 24.4 Å². The Balaban J connectivity index is 1.69. The van der Waals surface area contributed by atoms with Gasteiger partial charge in [-0.15, -0.1) is 0 Å². The molecule has 0 unspecified atom stereocenters. The van der Waals surface area contributed by atoms with E-state index in [4.69, 9.17) is 14.2 Å². The van der Waals surface area contributed by atoms with Crippen molar-refractivity contribution in [3.05, 3.63) is 0 Å². The number of aliphatic hydroxyl groups is 2. The zero-order valence-corrected chi connectivity index (χ0v) is 14.9. The molecule has 2 heterocycles. The van der Waals surface area contributed by atoms with Gasteiger partial charge in [0.15, 0.2) is 11.9 Å². The zero-order chi connectivity index (χ0) is 17.6. The van der Waals surface area contributed by atoms with Crippen molar-refractivity contribution in [3.8, 4) is 0 Å². The lowest BCUT2D eigenvalue weighted by Crippen LogP contribution is -2.47.